The van der Waals surface area contributed by atoms with Crippen molar-refractivity contribution in [3.05, 3.63) is 71.8 Å². The van der Waals surface area contributed by atoms with Gasteiger partial charge in [0.15, 0.2) is 5.78 Å². The summed E-state index contributed by atoms with van der Waals surface area (Å²) in [5.74, 6) is -1.58. The molecule has 2 N–H and O–H groups in total. The normalized spacial score (nSPS) is 11.9. The molecule has 9 nitrogen and oxygen atoms in total. The van der Waals surface area contributed by atoms with Crippen molar-refractivity contribution >= 4 is 23.8 Å². The van der Waals surface area contributed by atoms with E-state index in [1.54, 1.807) is 20.8 Å². The lowest BCUT2D eigenvalue weighted by Crippen LogP contribution is -2.52. The van der Waals surface area contributed by atoms with Crippen LogP contribution in [0.3, 0.4) is 0 Å². The Bertz CT molecular complexity index is 1110. The third-order valence-electron chi connectivity index (χ3n) is 5.81. The van der Waals surface area contributed by atoms with Gasteiger partial charge in [-0.15, -0.1) is 0 Å². The SMILES string of the molecule is CC(C)CC(NC(=O)CNC(=O)OC(C)(C)C)C(=O)C(C)(C)C(=O)OCc1ccccc1.CCOCc1ccccc1. The van der Waals surface area contributed by atoms with Gasteiger partial charge in [-0.1, -0.05) is 74.5 Å². The van der Waals surface area contributed by atoms with E-state index in [1.807, 2.05) is 69.3 Å². The summed E-state index contributed by atoms with van der Waals surface area (Å²) in [5, 5.41) is 5.00. The molecule has 1 unspecified atom stereocenters. The van der Waals surface area contributed by atoms with E-state index in [2.05, 4.69) is 22.8 Å². The minimum Gasteiger partial charge on any atom is -0.460 e. The first-order chi connectivity index (χ1) is 19.7. The summed E-state index contributed by atoms with van der Waals surface area (Å²) in [6.07, 6.45) is -0.393. The van der Waals surface area contributed by atoms with Gasteiger partial charge in [0, 0.05) is 6.61 Å². The van der Waals surface area contributed by atoms with E-state index in [4.69, 9.17) is 14.2 Å². The van der Waals surface area contributed by atoms with E-state index in [1.165, 1.54) is 19.4 Å². The quantitative estimate of drug-likeness (QED) is 0.232. The highest BCUT2D eigenvalue weighted by atomic mass is 16.6. The summed E-state index contributed by atoms with van der Waals surface area (Å²) in [6, 6.07) is 18.4. The van der Waals surface area contributed by atoms with Crippen LogP contribution in [0.25, 0.3) is 0 Å². The molecule has 2 aromatic rings. The van der Waals surface area contributed by atoms with Crippen molar-refractivity contribution in [2.45, 2.75) is 86.7 Å². The van der Waals surface area contributed by atoms with Gasteiger partial charge < -0.3 is 24.8 Å². The minimum atomic E-state index is -1.46. The number of ether oxygens (including phenoxy) is 3. The number of amides is 2. The largest absolute Gasteiger partial charge is 0.460 e. The van der Waals surface area contributed by atoms with Crippen molar-refractivity contribution in [3.8, 4) is 0 Å². The van der Waals surface area contributed by atoms with E-state index in [0.29, 0.717) is 6.42 Å². The number of benzene rings is 2. The molecule has 0 saturated carbocycles. The lowest BCUT2D eigenvalue weighted by molar-refractivity contribution is -0.160. The monoisotopic (exact) mass is 584 g/mol. The zero-order valence-electron chi connectivity index (χ0n) is 26.3. The fourth-order valence-corrected chi connectivity index (χ4v) is 3.65. The van der Waals surface area contributed by atoms with Crippen LogP contribution >= 0.6 is 0 Å². The van der Waals surface area contributed by atoms with Gasteiger partial charge in [-0.3, -0.25) is 14.4 Å². The number of hydrogen-bond acceptors (Lipinski definition) is 7. The highest BCUT2D eigenvalue weighted by Crippen LogP contribution is 2.24. The van der Waals surface area contributed by atoms with Crippen LogP contribution in [0, 0.1) is 11.3 Å². The van der Waals surface area contributed by atoms with Crippen LogP contribution in [0.5, 0.6) is 0 Å². The zero-order valence-corrected chi connectivity index (χ0v) is 26.3. The van der Waals surface area contributed by atoms with Crippen LogP contribution in [0.2, 0.25) is 0 Å². The van der Waals surface area contributed by atoms with Crippen LogP contribution in [-0.4, -0.2) is 48.5 Å². The number of esters is 1. The summed E-state index contributed by atoms with van der Waals surface area (Å²) >= 11 is 0. The Labute approximate surface area is 250 Å². The summed E-state index contributed by atoms with van der Waals surface area (Å²) in [6.45, 7) is 15.2. The van der Waals surface area contributed by atoms with E-state index >= 15 is 0 Å². The summed E-state index contributed by atoms with van der Waals surface area (Å²) in [7, 11) is 0. The summed E-state index contributed by atoms with van der Waals surface area (Å²) < 4.78 is 15.7. The maximum absolute atomic E-state index is 13.2. The number of carbonyl (C=O) groups excluding carboxylic acids is 4. The molecular formula is C33H48N2O7. The minimum absolute atomic E-state index is 0.0530. The Morgan fingerprint density at radius 1 is 0.810 bits per heavy atom. The van der Waals surface area contributed by atoms with Crippen molar-refractivity contribution in [2.75, 3.05) is 13.2 Å². The number of hydrogen-bond donors (Lipinski definition) is 2. The van der Waals surface area contributed by atoms with Crippen LogP contribution in [0.15, 0.2) is 60.7 Å². The third kappa shape index (κ3) is 14.8. The lowest BCUT2D eigenvalue weighted by atomic mass is 9.81. The molecule has 0 saturated heterocycles. The molecule has 0 aliphatic carbocycles. The van der Waals surface area contributed by atoms with Crippen molar-refractivity contribution < 1.29 is 33.4 Å². The second-order valence-corrected chi connectivity index (χ2v) is 11.8. The maximum Gasteiger partial charge on any atom is 0.408 e. The molecule has 2 amide bonds. The molecule has 9 heteroatoms. The summed E-state index contributed by atoms with van der Waals surface area (Å²) in [5.41, 5.74) is -0.102. The topological polar surface area (TPSA) is 120 Å². The lowest BCUT2D eigenvalue weighted by Gasteiger charge is -2.28. The Morgan fingerprint density at radius 2 is 1.33 bits per heavy atom. The Morgan fingerprint density at radius 3 is 1.81 bits per heavy atom. The molecule has 0 aromatic heterocycles. The van der Waals surface area contributed by atoms with Crippen LogP contribution < -0.4 is 10.6 Å². The molecule has 1 atom stereocenters. The Hall–Kier alpha value is -3.72. The molecule has 2 aromatic carbocycles. The van der Waals surface area contributed by atoms with Crippen molar-refractivity contribution in [2.24, 2.45) is 11.3 Å². The average molecular weight is 585 g/mol. The highest BCUT2D eigenvalue weighted by Gasteiger charge is 2.42. The molecule has 0 fully saturated rings. The number of alkyl carbamates (subject to hydrolysis) is 1. The molecule has 0 aliphatic heterocycles. The van der Waals surface area contributed by atoms with Gasteiger partial charge in [-0.05, 0) is 65.0 Å². The molecule has 232 valence electrons. The van der Waals surface area contributed by atoms with Crippen LogP contribution in [0.4, 0.5) is 4.79 Å². The first-order valence-electron chi connectivity index (χ1n) is 14.3. The predicted molar refractivity (Wildman–Crippen MR) is 162 cm³/mol. The van der Waals surface area contributed by atoms with E-state index in [-0.39, 0.29) is 19.1 Å². The fourth-order valence-electron chi connectivity index (χ4n) is 3.65. The first-order valence-corrected chi connectivity index (χ1v) is 14.3. The van der Waals surface area contributed by atoms with Gasteiger partial charge in [0.05, 0.1) is 12.6 Å². The number of Topliss-reactive ketones (excluding diaryl/α,β-unsaturated/α-hetero) is 1. The van der Waals surface area contributed by atoms with Gasteiger partial charge in [-0.25, -0.2) is 4.79 Å². The van der Waals surface area contributed by atoms with E-state index < -0.39 is 40.8 Å². The van der Waals surface area contributed by atoms with Gasteiger partial charge >= 0.3 is 12.1 Å². The predicted octanol–water partition coefficient (Wildman–Crippen LogP) is 5.60. The molecule has 0 spiro atoms. The third-order valence-corrected chi connectivity index (χ3v) is 5.81. The second kappa shape index (κ2) is 18.0. The number of rotatable bonds is 13. The Balaban J connectivity index is 0.000000738. The standard InChI is InChI=1S/C24H36N2O6.C9H12O/c1-16(2)13-18(26-19(27)14-25-22(30)32-23(3,4)5)20(28)24(6,7)21(29)31-15-17-11-9-8-10-12-17;1-2-10-8-9-6-4-3-5-7-9/h8-12,16,18H,13-15H2,1-7H3,(H,25,30)(H,26,27);3-7H,2,8H2,1H3. The summed E-state index contributed by atoms with van der Waals surface area (Å²) in [4.78, 5) is 50.0. The van der Waals surface area contributed by atoms with E-state index in [9.17, 15) is 19.2 Å². The van der Waals surface area contributed by atoms with Gasteiger partial charge in [0.1, 0.15) is 24.2 Å². The fraction of sp³-hybridized carbons (Fsp3) is 0.515. The highest BCUT2D eigenvalue weighted by molar-refractivity contribution is 6.06. The zero-order chi connectivity index (χ0) is 31.8. The molecule has 42 heavy (non-hydrogen) atoms. The number of nitrogens with one attached hydrogen (secondary N) is 2. The Kier molecular flexibility index (Phi) is 15.5. The van der Waals surface area contributed by atoms with Crippen LogP contribution in [-0.2, 0) is 41.8 Å². The maximum atomic E-state index is 13.2. The second-order valence-electron chi connectivity index (χ2n) is 11.8. The van der Waals surface area contributed by atoms with E-state index in [0.717, 1.165) is 18.8 Å². The average Bonchev–Trinajstić information content (AvgIpc) is 2.93. The molecular weight excluding hydrogens is 536 g/mol. The van der Waals surface area contributed by atoms with Crippen molar-refractivity contribution in [3.63, 3.8) is 0 Å². The van der Waals surface area contributed by atoms with Crippen molar-refractivity contribution in [1.82, 2.24) is 10.6 Å². The molecule has 0 heterocycles. The number of carbonyl (C=O) groups is 4. The smallest absolute Gasteiger partial charge is 0.408 e. The molecule has 0 radical (unpaired) electrons. The van der Waals surface area contributed by atoms with Crippen LogP contribution in [0.1, 0.15) is 72.9 Å². The number of ketones is 1. The van der Waals surface area contributed by atoms with Crippen molar-refractivity contribution in [1.29, 1.82) is 0 Å². The van der Waals surface area contributed by atoms with Gasteiger partial charge in [0.2, 0.25) is 5.91 Å². The molecule has 0 aliphatic rings. The molecule has 0 bridgehead atoms. The first kappa shape index (κ1) is 36.3. The molecule has 2 rings (SSSR count). The van der Waals surface area contributed by atoms with Gasteiger partial charge in [0.25, 0.3) is 0 Å². The van der Waals surface area contributed by atoms with Gasteiger partial charge in [-0.2, -0.15) is 0 Å².